The van der Waals surface area contributed by atoms with E-state index in [0.29, 0.717) is 18.5 Å². The molecule has 1 aromatic carbocycles. The van der Waals surface area contributed by atoms with Crippen molar-refractivity contribution in [3.8, 4) is 0 Å². The van der Waals surface area contributed by atoms with Crippen molar-refractivity contribution in [1.29, 1.82) is 0 Å². The molecule has 4 heteroatoms. The normalized spacial score (nSPS) is 20.4. The molecule has 1 aromatic rings. The zero-order chi connectivity index (χ0) is 15.0. The Labute approximate surface area is 119 Å². The van der Waals surface area contributed by atoms with Crippen molar-refractivity contribution in [3.63, 3.8) is 0 Å². The van der Waals surface area contributed by atoms with Crippen LogP contribution in [0.25, 0.3) is 0 Å². The lowest BCUT2D eigenvalue weighted by Gasteiger charge is -2.41. The molecule has 20 heavy (non-hydrogen) atoms. The van der Waals surface area contributed by atoms with Crippen LogP contribution in [0, 0.1) is 18.2 Å². The number of benzene rings is 1. The summed E-state index contributed by atoms with van der Waals surface area (Å²) < 4.78 is 13.4. The van der Waals surface area contributed by atoms with Gasteiger partial charge in [0.2, 0.25) is 0 Å². The van der Waals surface area contributed by atoms with Gasteiger partial charge in [-0.25, -0.2) is 9.18 Å². The summed E-state index contributed by atoms with van der Waals surface area (Å²) in [5, 5.41) is 12.7. The van der Waals surface area contributed by atoms with Gasteiger partial charge >= 0.3 is 5.97 Å². The van der Waals surface area contributed by atoms with Crippen LogP contribution in [0.1, 0.15) is 45.1 Å². The van der Waals surface area contributed by atoms with Gasteiger partial charge in [0.05, 0.1) is 0 Å². The third-order valence-corrected chi connectivity index (χ3v) is 4.29. The Balaban J connectivity index is 2.24. The predicted molar refractivity (Wildman–Crippen MR) is 77.4 cm³/mol. The molecule has 3 nitrogen and oxygen atoms in total. The Morgan fingerprint density at radius 3 is 2.30 bits per heavy atom. The van der Waals surface area contributed by atoms with Gasteiger partial charge in [-0.2, -0.15) is 0 Å². The first-order valence-corrected chi connectivity index (χ1v) is 7.01. The van der Waals surface area contributed by atoms with Crippen LogP contribution >= 0.6 is 0 Å². The Morgan fingerprint density at radius 2 is 1.80 bits per heavy atom. The van der Waals surface area contributed by atoms with E-state index in [1.807, 2.05) is 0 Å². The van der Waals surface area contributed by atoms with Crippen LogP contribution in [0.2, 0.25) is 0 Å². The van der Waals surface area contributed by atoms with Gasteiger partial charge in [-0.15, -0.1) is 0 Å². The molecule has 0 aliphatic heterocycles. The fourth-order valence-corrected chi connectivity index (χ4v) is 2.83. The van der Waals surface area contributed by atoms with Gasteiger partial charge in [0.1, 0.15) is 11.4 Å². The van der Waals surface area contributed by atoms with Crippen LogP contribution in [0.3, 0.4) is 0 Å². The van der Waals surface area contributed by atoms with E-state index in [4.69, 9.17) is 0 Å². The molecular formula is C16H22FNO2. The first-order valence-electron chi connectivity index (χ1n) is 7.01. The lowest BCUT2D eigenvalue weighted by atomic mass is 9.69. The SMILES string of the molecule is Cc1cc(F)cc(NC2(C(=O)O)CCC(C)(C)CC2)c1. The fraction of sp³-hybridized carbons (Fsp3) is 0.562. The quantitative estimate of drug-likeness (QED) is 0.880. The molecular weight excluding hydrogens is 257 g/mol. The van der Waals surface area contributed by atoms with Gasteiger partial charge in [0.15, 0.2) is 0 Å². The molecule has 1 saturated carbocycles. The highest BCUT2D eigenvalue weighted by Gasteiger charge is 2.44. The third kappa shape index (κ3) is 3.11. The summed E-state index contributed by atoms with van der Waals surface area (Å²) in [5.74, 6) is -1.20. The molecule has 110 valence electrons. The van der Waals surface area contributed by atoms with Crippen molar-refractivity contribution in [2.45, 2.75) is 52.0 Å². The van der Waals surface area contributed by atoms with E-state index in [-0.39, 0.29) is 11.2 Å². The van der Waals surface area contributed by atoms with Gasteiger partial charge in [-0.1, -0.05) is 13.8 Å². The van der Waals surface area contributed by atoms with Crippen LogP contribution < -0.4 is 5.32 Å². The van der Waals surface area contributed by atoms with E-state index >= 15 is 0 Å². The maximum atomic E-state index is 13.4. The summed E-state index contributed by atoms with van der Waals surface area (Å²) in [6.45, 7) is 6.11. The highest BCUT2D eigenvalue weighted by molar-refractivity contribution is 5.83. The average molecular weight is 279 g/mol. The number of hydrogen-bond acceptors (Lipinski definition) is 2. The Kier molecular flexibility index (Phi) is 3.76. The number of nitrogens with one attached hydrogen (secondary N) is 1. The Bertz CT molecular complexity index is 495. The minimum atomic E-state index is -0.976. The van der Waals surface area contributed by atoms with Gasteiger partial charge in [0.25, 0.3) is 0 Å². The molecule has 0 bridgehead atoms. The summed E-state index contributed by atoms with van der Waals surface area (Å²) in [7, 11) is 0. The Morgan fingerprint density at radius 1 is 1.20 bits per heavy atom. The number of aliphatic carboxylic acids is 1. The maximum absolute atomic E-state index is 13.4. The van der Waals surface area contributed by atoms with Crippen LogP contribution in [0.4, 0.5) is 10.1 Å². The monoisotopic (exact) mass is 279 g/mol. The Hall–Kier alpha value is -1.58. The molecule has 0 amide bonds. The summed E-state index contributed by atoms with van der Waals surface area (Å²) >= 11 is 0. The average Bonchev–Trinajstić information content (AvgIpc) is 2.30. The zero-order valence-corrected chi connectivity index (χ0v) is 12.3. The molecule has 2 rings (SSSR count). The molecule has 0 aromatic heterocycles. The van der Waals surface area contributed by atoms with Crippen LogP contribution in [-0.4, -0.2) is 16.6 Å². The molecule has 0 heterocycles. The third-order valence-electron chi connectivity index (χ3n) is 4.29. The van der Waals surface area contributed by atoms with E-state index in [9.17, 15) is 14.3 Å². The number of carboxylic acids is 1. The number of halogens is 1. The van der Waals surface area contributed by atoms with Crippen molar-refractivity contribution in [2.24, 2.45) is 5.41 Å². The molecule has 0 spiro atoms. The van der Waals surface area contributed by atoms with Gasteiger partial charge in [-0.3, -0.25) is 0 Å². The number of anilines is 1. The van der Waals surface area contributed by atoms with Crippen molar-refractivity contribution in [3.05, 3.63) is 29.6 Å². The first kappa shape index (κ1) is 14.8. The molecule has 0 saturated heterocycles. The summed E-state index contributed by atoms with van der Waals surface area (Å²) in [6.07, 6.45) is 2.82. The molecule has 1 fully saturated rings. The van der Waals surface area contributed by atoms with E-state index in [2.05, 4.69) is 19.2 Å². The second-order valence-corrected chi connectivity index (χ2v) is 6.69. The van der Waals surface area contributed by atoms with Crippen molar-refractivity contribution >= 4 is 11.7 Å². The number of rotatable bonds is 3. The second kappa shape index (κ2) is 5.08. The van der Waals surface area contributed by atoms with Crippen molar-refractivity contribution in [1.82, 2.24) is 0 Å². The smallest absolute Gasteiger partial charge is 0.329 e. The maximum Gasteiger partial charge on any atom is 0.329 e. The predicted octanol–water partition coefficient (Wildman–Crippen LogP) is 3.97. The molecule has 0 unspecified atom stereocenters. The largest absolute Gasteiger partial charge is 0.480 e. The fourth-order valence-electron chi connectivity index (χ4n) is 2.83. The first-order chi connectivity index (χ1) is 9.22. The van der Waals surface area contributed by atoms with Crippen LogP contribution in [-0.2, 0) is 4.79 Å². The number of aryl methyl sites for hydroxylation is 1. The number of carboxylic acid groups (broad SMARTS) is 1. The van der Waals surface area contributed by atoms with Gasteiger partial charge in [0, 0.05) is 5.69 Å². The molecule has 1 aliphatic carbocycles. The van der Waals surface area contributed by atoms with Crippen molar-refractivity contribution < 1.29 is 14.3 Å². The van der Waals surface area contributed by atoms with Crippen molar-refractivity contribution in [2.75, 3.05) is 5.32 Å². The van der Waals surface area contributed by atoms with E-state index in [1.165, 1.54) is 12.1 Å². The lowest BCUT2D eigenvalue weighted by molar-refractivity contribution is -0.144. The topological polar surface area (TPSA) is 49.3 Å². The molecule has 0 atom stereocenters. The highest BCUT2D eigenvalue weighted by atomic mass is 19.1. The molecule has 2 N–H and O–H groups in total. The van der Waals surface area contributed by atoms with Crippen LogP contribution in [0.15, 0.2) is 18.2 Å². The summed E-state index contributed by atoms with van der Waals surface area (Å²) in [5.41, 5.74) is 0.530. The lowest BCUT2D eigenvalue weighted by Crippen LogP contribution is -2.50. The summed E-state index contributed by atoms with van der Waals surface area (Å²) in [4.78, 5) is 11.7. The van der Waals surface area contributed by atoms with Gasteiger partial charge < -0.3 is 10.4 Å². The number of hydrogen-bond donors (Lipinski definition) is 2. The van der Waals surface area contributed by atoms with E-state index in [0.717, 1.165) is 18.4 Å². The summed E-state index contributed by atoms with van der Waals surface area (Å²) in [6, 6.07) is 4.58. The van der Waals surface area contributed by atoms with E-state index in [1.54, 1.807) is 13.0 Å². The zero-order valence-electron chi connectivity index (χ0n) is 12.3. The standard InChI is InChI=1S/C16H22FNO2/c1-11-8-12(17)10-13(9-11)18-16(14(19)20)6-4-15(2,3)5-7-16/h8-10,18H,4-7H2,1-3H3,(H,19,20). The highest BCUT2D eigenvalue weighted by Crippen LogP contribution is 2.42. The van der Waals surface area contributed by atoms with E-state index < -0.39 is 11.5 Å². The minimum absolute atomic E-state index is 0.179. The van der Waals surface area contributed by atoms with Gasteiger partial charge in [-0.05, 0) is 61.8 Å². The van der Waals surface area contributed by atoms with Crippen LogP contribution in [0.5, 0.6) is 0 Å². The second-order valence-electron chi connectivity index (χ2n) is 6.69. The molecule has 1 aliphatic rings. The number of carbonyl (C=O) groups is 1. The molecule has 0 radical (unpaired) electrons. The minimum Gasteiger partial charge on any atom is -0.480 e.